The molecule has 1 N–H and O–H groups in total. The number of ether oxygens (including phenoxy) is 1. The fourth-order valence-electron chi connectivity index (χ4n) is 3.85. The van der Waals surface area contributed by atoms with Crippen LogP contribution in [0, 0.1) is 18.7 Å². The third kappa shape index (κ3) is 4.73. The Labute approximate surface area is 176 Å². The first-order valence-electron chi connectivity index (χ1n) is 10.3. The van der Waals surface area contributed by atoms with Gasteiger partial charge >= 0.3 is 0 Å². The molecular formula is C21H27FN4O3S. The second-order valence-corrected chi connectivity index (χ2v) is 10.2. The minimum Gasteiger partial charge on any atom is -0.435 e. The summed E-state index contributed by atoms with van der Waals surface area (Å²) in [7, 11) is -3.49. The summed E-state index contributed by atoms with van der Waals surface area (Å²) in [6.07, 6.45) is 7.07. The van der Waals surface area contributed by atoms with Crippen LogP contribution in [0.1, 0.15) is 31.2 Å². The first kappa shape index (κ1) is 21.0. The number of hydrogen-bond acceptors (Lipinski definition) is 7. The molecule has 1 aromatic heterocycles. The third-order valence-corrected chi connectivity index (χ3v) is 6.83. The van der Waals surface area contributed by atoms with Crippen molar-refractivity contribution in [2.75, 3.05) is 30.8 Å². The van der Waals surface area contributed by atoms with Crippen molar-refractivity contribution in [3.8, 4) is 11.6 Å². The van der Waals surface area contributed by atoms with E-state index in [1.54, 1.807) is 0 Å². The summed E-state index contributed by atoms with van der Waals surface area (Å²) in [6, 6.07) is 4.10. The van der Waals surface area contributed by atoms with Crippen molar-refractivity contribution < 1.29 is 17.5 Å². The van der Waals surface area contributed by atoms with Gasteiger partial charge in [0, 0.05) is 18.8 Å². The van der Waals surface area contributed by atoms with Crippen LogP contribution in [0.4, 0.5) is 10.2 Å². The lowest BCUT2D eigenvalue weighted by atomic mass is 9.97. The van der Waals surface area contributed by atoms with E-state index in [2.05, 4.69) is 20.2 Å². The summed E-state index contributed by atoms with van der Waals surface area (Å²) in [6.45, 7) is 4.92. The van der Waals surface area contributed by atoms with Gasteiger partial charge in [-0.1, -0.05) is 0 Å². The van der Waals surface area contributed by atoms with Crippen molar-refractivity contribution in [3.05, 3.63) is 35.9 Å². The van der Waals surface area contributed by atoms with E-state index < -0.39 is 15.7 Å². The molecule has 162 valence electrons. The first-order valence-corrected chi connectivity index (χ1v) is 12.2. The summed E-state index contributed by atoms with van der Waals surface area (Å²) in [5.41, 5.74) is 0.755. The van der Waals surface area contributed by atoms with Gasteiger partial charge < -0.3 is 15.0 Å². The highest BCUT2D eigenvalue weighted by molar-refractivity contribution is 7.90. The smallest absolute Gasteiger partial charge is 0.227 e. The second-order valence-electron chi connectivity index (χ2n) is 8.17. The standard InChI is InChI=1S/C21H27FN4O3S/c1-14-20(26(16-3-4-16)12-15-7-9-23-10-8-15)24-13-25-21(14)29-19-6-5-17(11-18(19)22)30(2,27)28/h5-6,11,13,15-16,23H,3-4,7-10,12H2,1-2H3. The van der Waals surface area contributed by atoms with Crippen LogP contribution in [0.2, 0.25) is 0 Å². The van der Waals surface area contributed by atoms with Crippen molar-refractivity contribution in [2.24, 2.45) is 5.92 Å². The Kier molecular flexibility index (Phi) is 5.92. The van der Waals surface area contributed by atoms with Crippen molar-refractivity contribution in [1.29, 1.82) is 0 Å². The SMILES string of the molecule is Cc1c(Oc2ccc(S(C)(=O)=O)cc2F)ncnc1N(CC1CCNCC1)C1CC1. The number of anilines is 1. The number of nitrogens with zero attached hydrogens (tertiary/aromatic N) is 3. The van der Waals surface area contributed by atoms with Crippen LogP contribution in [-0.4, -0.2) is 50.3 Å². The van der Waals surface area contributed by atoms with Crippen molar-refractivity contribution in [1.82, 2.24) is 15.3 Å². The Morgan fingerprint density at radius 1 is 1.20 bits per heavy atom. The number of halogens is 1. The van der Waals surface area contributed by atoms with Crippen molar-refractivity contribution >= 4 is 15.7 Å². The number of nitrogens with one attached hydrogen (secondary N) is 1. The van der Waals surface area contributed by atoms with E-state index in [0.717, 1.165) is 69.0 Å². The van der Waals surface area contributed by atoms with Gasteiger partial charge in [-0.2, -0.15) is 0 Å². The zero-order valence-electron chi connectivity index (χ0n) is 17.3. The number of rotatable bonds is 7. The molecular weight excluding hydrogens is 407 g/mol. The van der Waals surface area contributed by atoms with Crippen LogP contribution in [-0.2, 0) is 9.84 Å². The van der Waals surface area contributed by atoms with Crippen molar-refractivity contribution in [3.63, 3.8) is 0 Å². The van der Waals surface area contributed by atoms with E-state index in [4.69, 9.17) is 4.74 Å². The monoisotopic (exact) mass is 434 g/mol. The van der Waals surface area contributed by atoms with Crippen molar-refractivity contribution in [2.45, 2.75) is 43.5 Å². The largest absolute Gasteiger partial charge is 0.435 e. The highest BCUT2D eigenvalue weighted by atomic mass is 32.2. The van der Waals surface area contributed by atoms with Crippen LogP contribution < -0.4 is 15.0 Å². The molecule has 7 nitrogen and oxygen atoms in total. The van der Waals surface area contributed by atoms with E-state index in [-0.39, 0.29) is 16.5 Å². The third-order valence-electron chi connectivity index (χ3n) is 5.72. The van der Waals surface area contributed by atoms with Gasteiger partial charge in [0.05, 0.1) is 10.5 Å². The minimum absolute atomic E-state index is 0.0634. The molecule has 2 heterocycles. The lowest BCUT2D eigenvalue weighted by molar-refractivity contribution is 0.371. The molecule has 0 radical (unpaired) electrons. The maximum absolute atomic E-state index is 14.5. The summed E-state index contributed by atoms with van der Waals surface area (Å²) < 4.78 is 43.4. The van der Waals surface area contributed by atoms with E-state index in [0.29, 0.717) is 12.0 Å². The lowest BCUT2D eigenvalue weighted by Crippen LogP contribution is -2.38. The van der Waals surface area contributed by atoms with Gasteiger partial charge in [-0.15, -0.1) is 0 Å². The van der Waals surface area contributed by atoms with E-state index in [9.17, 15) is 12.8 Å². The second kappa shape index (κ2) is 8.47. The number of hydrogen-bond donors (Lipinski definition) is 1. The number of sulfone groups is 1. The average molecular weight is 435 g/mol. The Hall–Kier alpha value is -2.26. The van der Waals surface area contributed by atoms with Crippen LogP contribution in [0.5, 0.6) is 11.6 Å². The van der Waals surface area contributed by atoms with Gasteiger partial charge in [0.25, 0.3) is 0 Å². The summed E-state index contributed by atoms with van der Waals surface area (Å²) in [5, 5.41) is 3.40. The van der Waals surface area contributed by atoms with Crippen LogP contribution in [0.25, 0.3) is 0 Å². The fourth-order valence-corrected chi connectivity index (χ4v) is 4.49. The highest BCUT2D eigenvalue weighted by Gasteiger charge is 2.33. The fraction of sp³-hybridized carbons (Fsp3) is 0.524. The van der Waals surface area contributed by atoms with E-state index >= 15 is 0 Å². The molecule has 2 aromatic rings. The molecule has 4 rings (SSSR count). The molecule has 2 fully saturated rings. The quantitative estimate of drug-likeness (QED) is 0.717. The average Bonchev–Trinajstić information content (AvgIpc) is 3.55. The first-order chi connectivity index (χ1) is 14.3. The minimum atomic E-state index is -3.49. The number of aromatic nitrogens is 2. The van der Waals surface area contributed by atoms with Crippen LogP contribution in [0.3, 0.4) is 0 Å². The Morgan fingerprint density at radius 3 is 2.57 bits per heavy atom. The molecule has 0 amide bonds. The predicted molar refractivity (Wildman–Crippen MR) is 112 cm³/mol. The van der Waals surface area contributed by atoms with Gasteiger partial charge in [0.2, 0.25) is 5.88 Å². The maximum atomic E-state index is 14.5. The molecule has 1 saturated carbocycles. The van der Waals surface area contributed by atoms with E-state index in [1.165, 1.54) is 18.5 Å². The maximum Gasteiger partial charge on any atom is 0.227 e. The molecule has 1 aromatic carbocycles. The van der Waals surface area contributed by atoms with Gasteiger partial charge in [-0.05, 0) is 69.8 Å². The molecule has 30 heavy (non-hydrogen) atoms. The topological polar surface area (TPSA) is 84.4 Å². The highest BCUT2D eigenvalue weighted by Crippen LogP contribution is 2.37. The van der Waals surface area contributed by atoms with Gasteiger partial charge in [0.15, 0.2) is 21.4 Å². The van der Waals surface area contributed by atoms with Gasteiger partial charge in [-0.25, -0.2) is 22.8 Å². The summed E-state index contributed by atoms with van der Waals surface area (Å²) in [5.74, 6) is 0.917. The summed E-state index contributed by atoms with van der Waals surface area (Å²) >= 11 is 0. The molecule has 2 aliphatic rings. The Morgan fingerprint density at radius 2 is 1.93 bits per heavy atom. The summed E-state index contributed by atoms with van der Waals surface area (Å²) in [4.78, 5) is 11.0. The molecule has 9 heteroatoms. The Bertz CT molecular complexity index is 1020. The van der Waals surface area contributed by atoms with Crippen LogP contribution >= 0.6 is 0 Å². The molecule has 0 unspecified atom stereocenters. The molecule has 0 atom stereocenters. The zero-order chi connectivity index (χ0) is 21.3. The molecule has 1 aliphatic heterocycles. The molecule has 1 aliphatic carbocycles. The molecule has 0 spiro atoms. The lowest BCUT2D eigenvalue weighted by Gasteiger charge is -2.32. The Balaban J connectivity index is 1.58. The normalized spacial score (nSPS) is 17.7. The molecule has 0 bridgehead atoms. The van der Waals surface area contributed by atoms with Crippen LogP contribution in [0.15, 0.2) is 29.4 Å². The predicted octanol–water partition coefficient (Wildman–Crippen LogP) is 3.09. The van der Waals surface area contributed by atoms with Gasteiger partial charge in [-0.3, -0.25) is 0 Å². The van der Waals surface area contributed by atoms with E-state index in [1.807, 2.05) is 6.92 Å². The number of piperidine rings is 1. The zero-order valence-corrected chi connectivity index (χ0v) is 18.1. The molecule has 1 saturated heterocycles. The number of benzene rings is 1. The van der Waals surface area contributed by atoms with Gasteiger partial charge in [0.1, 0.15) is 12.1 Å².